The summed E-state index contributed by atoms with van der Waals surface area (Å²) in [6, 6.07) is 7.14. The number of amides is 1. The highest BCUT2D eigenvalue weighted by Gasteiger charge is 2.18. The fourth-order valence-corrected chi connectivity index (χ4v) is 3.26. The van der Waals surface area contributed by atoms with Gasteiger partial charge in [0.1, 0.15) is 5.75 Å². The number of nitrogens with one attached hydrogen (secondary N) is 2. The summed E-state index contributed by atoms with van der Waals surface area (Å²) in [6.07, 6.45) is 2.78. The van der Waals surface area contributed by atoms with Gasteiger partial charge in [-0.3, -0.25) is 4.79 Å². The molecule has 0 atom stereocenters. The van der Waals surface area contributed by atoms with Crippen molar-refractivity contribution in [3.63, 3.8) is 0 Å². The van der Waals surface area contributed by atoms with E-state index in [2.05, 4.69) is 41.3 Å². The molecule has 2 aromatic rings. The minimum atomic E-state index is -0.423. The highest BCUT2D eigenvalue weighted by molar-refractivity contribution is 6.31. The number of nitrogens with zero attached hydrogens (tertiary/aromatic N) is 3. The molecule has 10 heteroatoms. The third-order valence-electron chi connectivity index (χ3n) is 5.04. The second-order valence-electron chi connectivity index (χ2n) is 8.35. The minimum Gasteiger partial charge on any atom is -0.508 e. The lowest BCUT2D eigenvalue weighted by Gasteiger charge is -2.30. The van der Waals surface area contributed by atoms with Crippen LogP contribution in [0, 0.1) is 0 Å². The summed E-state index contributed by atoms with van der Waals surface area (Å²) in [5.74, 6) is -0.206. The number of phenolic OH excluding ortho intramolecular Hbond substituents is 1. The van der Waals surface area contributed by atoms with Crippen molar-refractivity contribution < 1.29 is 14.4 Å². The summed E-state index contributed by atoms with van der Waals surface area (Å²) in [5.41, 5.74) is 13.3. The summed E-state index contributed by atoms with van der Waals surface area (Å²) < 4.78 is 0.762. The molecule has 0 radical (unpaired) electrons. The van der Waals surface area contributed by atoms with Crippen LogP contribution in [0.2, 0.25) is 5.15 Å². The number of phenols is 1. The second kappa shape index (κ2) is 11.5. The van der Waals surface area contributed by atoms with Crippen LogP contribution in [-0.2, 0) is 6.42 Å². The number of nitrogen functional groups attached to an aromatic ring is 2. The third kappa shape index (κ3) is 8.24. The van der Waals surface area contributed by atoms with E-state index in [9.17, 15) is 9.90 Å². The van der Waals surface area contributed by atoms with E-state index >= 15 is 0 Å². The number of carbonyl (C=O) groups is 1. The molecule has 0 aliphatic carbocycles. The lowest BCUT2D eigenvalue weighted by atomic mass is 10.1. The van der Waals surface area contributed by atoms with Crippen LogP contribution in [-0.4, -0.2) is 65.7 Å². The van der Waals surface area contributed by atoms with Gasteiger partial charge < -0.3 is 31.7 Å². The van der Waals surface area contributed by atoms with E-state index in [1.165, 1.54) is 0 Å². The van der Waals surface area contributed by atoms with E-state index in [1.54, 1.807) is 12.1 Å². The van der Waals surface area contributed by atoms with Crippen molar-refractivity contribution in [2.45, 2.75) is 19.3 Å². The molecule has 7 N–H and O–H groups in total. The number of allylic oxidation sites excluding steroid dienone is 1. The highest BCUT2D eigenvalue weighted by atomic mass is 35.5. The molecule has 2 rings (SSSR count). The maximum atomic E-state index is 12.3. The maximum Gasteiger partial charge on any atom is 0.273 e. The number of hydrogen-bond donors (Lipinski definition) is 5. The zero-order chi connectivity index (χ0) is 23.7. The Hall–Kier alpha value is -3.04. The summed E-state index contributed by atoms with van der Waals surface area (Å²) in [6.45, 7) is 7.11. The number of quaternary nitrogens is 1. The van der Waals surface area contributed by atoms with Crippen molar-refractivity contribution in [1.82, 2.24) is 20.6 Å². The van der Waals surface area contributed by atoms with Gasteiger partial charge in [0.05, 0.1) is 33.7 Å². The molecule has 1 amide bonds. The van der Waals surface area contributed by atoms with Crippen molar-refractivity contribution >= 4 is 29.1 Å². The van der Waals surface area contributed by atoms with Gasteiger partial charge in [-0.1, -0.05) is 30.3 Å². The number of likely N-dealkylation sites (N-methyl/N-ethyl adjacent to an activating group) is 1. The third-order valence-corrected chi connectivity index (χ3v) is 5.32. The Bertz CT molecular complexity index is 933. The standard InChI is InChI=1S/C22H32ClN7O2/c1-15(14-16-6-8-17(31)9-7-16)26-10-4-5-12-30(2,3)13-11-27-22(32)18-20(24)29-21(25)19(23)28-18/h6-9,26H,1,4-5,10-14H2,2-3H3,(H5-,24,25,27,29,31,32)/p+1. The summed E-state index contributed by atoms with van der Waals surface area (Å²) in [7, 11) is 4.25. The number of aromatic nitrogens is 2. The highest BCUT2D eigenvalue weighted by Crippen LogP contribution is 2.17. The summed E-state index contributed by atoms with van der Waals surface area (Å²) >= 11 is 5.83. The minimum absolute atomic E-state index is 0.00284. The van der Waals surface area contributed by atoms with Crippen molar-refractivity contribution in [2.24, 2.45) is 0 Å². The van der Waals surface area contributed by atoms with E-state index in [-0.39, 0.29) is 28.2 Å². The van der Waals surface area contributed by atoms with Crippen LogP contribution in [0.25, 0.3) is 0 Å². The molecule has 0 aliphatic rings. The van der Waals surface area contributed by atoms with Crippen LogP contribution in [0.5, 0.6) is 5.75 Å². The molecule has 0 bridgehead atoms. The summed E-state index contributed by atoms with van der Waals surface area (Å²) in [4.78, 5) is 20.0. The number of anilines is 2. The number of carbonyl (C=O) groups excluding carboxylic acids is 1. The molecule has 0 fully saturated rings. The van der Waals surface area contributed by atoms with Gasteiger partial charge in [0, 0.05) is 18.7 Å². The predicted octanol–water partition coefficient (Wildman–Crippen LogP) is 1.93. The smallest absolute Gasteiger partial charge is 0.273 e. The molecule has 1 aromatic heterocycles. The number of halogens is 1. The van der Waals surface area contributed by atoms with Gasteiger partial charge in [-0.05, 0) is 30.5 Å². The van der Waals surface area contributed by atoms with E-state index in [4.69, 9.17) is 23.1 Å². The van der Waals surface area contributed by atoms with Crippen molar-refractivity contribution in [2.75, 3.05) is 51.7 Å². The van der Waals surface area contributed by atoms with Crippen LogP contribution in [0.15, 0.2) is 36.5 Å². The second-order valence-corrected chi connectivity index (χ2v) is 8.71. The molecule has 32 heavy (non-hydrogen) atoms. The quantitative estimate of drug-likeness (QED) is 0.240. The summed E-state index contributed by atoms with van der Waals surface area (Å²) in [5, 5.41) is 15.5. The Balaban J connectivity index is 1.64. The molecule has 174 valence electrons. The lowest BCUT2D eigenvalue weighted by molar-refractivity contribution is -0.889. The largest absolute Gasteiger partial charge is 0.508 e. The monoisotopic (exact) mass is 462 g/mol. The number of rotatable bonds is 12. The van der Waals surface area contributed by atoms with E-state index in [0.29, 0.717) is 6.54 Å². The van der Waals surface area contributed by atoms with Crippen LogP contribution in [0.1, 0.15) is 28.9 Å². The molecule has 0 aliphatic heterocycles. The topological polar surface area (TPSA) is 139 Å². The molecule has 0 saturated carbocycles. The molecule has 0 unspecified atom stereocenters. The Morgan fingerprint density at radius 3 is 2.44 bits per heavy atom. The first-order chi connectivity index (χ1) is 15.1. The average Bonchev–Trinajstić information content (AvgIpc) is 2.72. The normalized spacial score (nSPS) is 11.2. The Morgan fingerprint density at radius 2 is 1.75 bits per heavy atom. The maximum absolute atomic E-state index is 12.3. The predicted molar refractivity (Wildman–Crippen MR) is 128 cm³/mol. The van der Waals surface area contributed by atoms with Gasteiger partial charge in [-0.25, -0.2) is 9.97 Å². The number of aromatic hydroxyl groups is 1. The zero-order valence-corrected chi connectivity index (χ0v) is 19.5. The lowest BCUT2D eigenvalue weighted by Crippen LogP contribution is -2.46. The molecular weight excluding hydrogens is 430 g/mol. The van der Waals surface area contributed by atoms with Crippen LogP contribution in [0.4, 0.5) is 11.6 Å². The molecular formula is C22H33ClN7O2+. The van der Waals surface area contributed by atoms with Gasteiger partial charge in [0.2, 0.25) is 0 Å². The van der Waals surface area contributed by atoms with Crippen LogP contribution in [0.3, 0.4) is 0 Å². The van der Waals surface area contributed by atoms with Gasteiger partial charge in [-0.2, -0.15) is 0 Å². The van der Waals surface area contributed by atoms with Crippen LogP contribution >= 0.6 is 11.6 Å². The Morgan fingerprint density at radius 1 is 1.06 bits per heavy atom. The molecule has 0 spiro atoms. The van der Waals surface area contributed by atoms with Crippen LogP contribution < -0.4 is 22.1 Å². The zero-order valence-electron chi connectivity index (χ0n) is 18.7. The Kier molecular flexibility index (Phi) is 9.10. The average molecular weight is 463 g/mol. The molecule has 0 saturated heterocycles. The Labute approximate surface area is 194 Å². The fraction of sp³-hybridized carbons (Fsp3) is 0.409. The van der Waals surface area contributed by atoms with Gasteiger partial charge in [0.25, 0.3) is 5.91 Å². The van der Waals surface area contributed by atoms with Crippen molar-refractivity contribution in [3.8, 4) is 5.75 Å². The van der Waals surface area contributed by atoms with Crippen molar-refractivity contribution in [3.05, 3.63) is 53.0 Å². The number of unbranched alkanes of at least 4 members (excludes halogenated alkanes) is 1. The first kappa shape index (κ1) is 25.2. The molecule has 9 nitrogen and oxygen atoms in total. The SMILES string of the molecule is C=C(Cc1ccc(O)cc1)NCCCC[N+](C)(C)CCNC(=O)c1nc(Cl)c(N)nc1N. The first-order valence-electron chi connectivity index (χ1n) is 10.5. The van der Waals surface area contributed by atoms with E-state index < -0.39 is 5.91 Å². The number of hydrogen-bond acceptors (Lipinski definition) is 7. The van der Waals surface area contributed by atoms with E-state index in [0.717, 1.165) is 54.6 Å². The van der Waals surface area contributed by atoms with Gasteiger partial charge in [0.15, 0.2) is 22.5 Å². The van der Waals surface area contributed by atoms with E-state index in [1.807, 2.05) is 12.1 Å². The molecule has 1 heterocycles. The number of benzene rings is 1. The van der Waals surface area contributed by atoms with Gasteiger partial charge in [-0.15, -0.1) is 0 Å². The van der Waals surface area contributed by atoms with Crippen molar-refractivity contribution in [1.29, 1.82) is 0 Å². The van der Waals surface area contributed by atoms with Gasteiger partial charge >= 0.3 is 0 Å². The first-order valence-corrected chi connectivity index (χ1v) is 10.8. The molecule has 1 aromatic carbocycles. The number of nitrogens with two attached hydrogens (primary N) is 2. The fourth-order valence-electron chi connectivity index (χ4n) is 3.13.